The van der Waals surface area contributed by atoms with E-state index in [-0.39, 0.29) is 35.5 Å². The van der Waals surface area contributed by atoms with E-state index in [0.717, 1.165) is 12.1 Å². The highest BCUT2D eigenvalue weighted by atomic mass is 19.4. The molecule has 3 rings (SSSR count). The predicted octanol–water partition coefficient (Wildman–Crippen LogP) is 6.38. The zero-order valence-electron chi connectivity index (χ0n) is 20.1. The number of halogens is 5. The smallest absolute Gasteiger partial charge is 0.416 e. The summed E-state index contributed by atoms with van der Waals surface area (Å²) in [5.74, 6) is -3.82. The molecule has 1 atom stereocenters. The van der Waals surface area contributed by atoms with Gasteiger partial charge < -0.3 is 14.6 Å². The van der Waals surface area contributed by atoms with Gasteiger partial charge >= 0.3 is 12.1 Å². The molecule has 0 radical (unpaired) electrons. The van der Waals surface area contributed by atoms with Crippen molar-refractivity contribution in [2.24, 2.45) is 0 Å². The van der Waals surface area contributed by atoms with E-state index >= 15 is 0 Å². The van der Waals surface area contributed by atoms with E-state index in [0.29, 0.717) is 5.75 Å². The van der Waals surface area contributed by atoms with E-state index in [1.807, 2.05) is 0 Å². The fraction of sp³-hybridized carbons (Fsp3) is 0.296. The zero-order chi connectivity index (χ0) is 27.2. The van der Waals surface area contributed by atoms with Crippen LogP contribution in [0, 0.1) is 0 Å². The molecule has 198 valence electrons. The summed E-state index contributed by atoms with van der Waals surface area (Å²) in [6.45, 7) is -0.383. The minimum absolute atomic E-state index is 0.0104. The van der Waals surface area contributed by atoms with Crippen LogP contribution in [0.2, 0.25) is 0 Å². The SMILES string of the molecule is COc1cccc(C(F)(F)c2ccc(OCCC(c3cccc(C(F)(F)F)c3)N(C)CC(=O)O)cc2)c1. The Morgan fingerprint density at radius 2 is 1.54 bits per heavy atom. The molecule has 0 saturated carbocycles. The minimum atomic E-state index is -4.54. The Balaban J connectivity index is 1.72. The minimum Gasteiger partial charge on any atom is -0.497 e. The van der Waals surface area contributed by atoms with Crippen molar-refractivity contribution in [1.29, 1.82) is 0 Å². The molecule has 0 bridgehead atoms. The molecule has 0 aliphatic carbocycles. The fourth-order valence-electron chi connectivity index (χ4n) is 3.92. The van der Waals surface area contributed by atoms with Gasteiger partial charge in [0.2, 0.25) is 0 Å². The van der Waals surface area contributed by atoms with Crippen molar-refractivity contribution >= 4 is 5.97 Å². The second kappa shape index (κ2) is 11.6. The lowest BCUT2D eigenvalue weighted by Gasteiger charge is -2.28. The maximum Gasteiger partial charge on any atom is 0.416 e. The summed E-state index contributed by atoms with van der Waals surface area (Å²) in [4.78, 5) is 12.6. The summed E-state index contributed by atoms with van der Waals surface area (Å²) in [5.41, 5.74) is -1.04. The van der Waals surface area contributed by atoms with Crippen molar-refractivity contribution in [2.75, 3.05) is 27.3 Å². The molecule has 0 aliphatic rings. The van der Waals surface area contributed by atoms with Gasteiger partial charge in [0.25, 0.3) is 5.92 Å². The number of nitrogens with zero attached hydrogens (tertiary/aromatic N) is 1. The molecule has 3 aromatic rings. The number of hydrogen-bond acceptors (Lipinski definition) is 4. The van der Waals surface area contributed by atoms with Gasteiger partial charge in [0.1, 0.15) is 11.5 Å². The van der Waals surface area contributed by atoms with Crippen LogP contribution in [0.4, 0.5) is 22.0 Å². The third kappa shape index (κ3) is 7.19. The van der Waals surface area contributed by atoms with Gasteiger partial charge in [0.05, 0.1) is 25.8 Å². The number of ether oxygens (including phenoxy) is 2. The number of hydrogen-bond donors (Lipinski definition) is 1. The molecule has 0 aliphatic heterocycles. The molecular weight excluding hydrogens is 497 g/mol. The molecule has 37 heavy (non-hydrogen) atoms. The van der Waals surface area contributed by atoms with Gasteiger partial charge in [-0.1, -0.05) is 24.3 Å². The highest BCUT2D eigenvalue weighted by Crippen LogP contribution is 2.38. The van der Waals surface area contributed by atoms with Crippen molar-refractivity contribution in [1.82, 2.24) is 4.90 Å². The first-order valence-electron chi connectivity index (χ1n) is 11.3. The Hall–Kier alpha value is -3.66. The van der Waals surface area contributed by atoms with Gasteiger partial charge in [-0.2, -0.15) is 22.0 Å². The molecule has 0 heterocycles. The van der Waals surface area contributed by atoms with E-state index in [9.17, 15) is 26.7 Å². The monoisotopic (exact) mass is 523 g/mol. The van der Waals surface area contributed by atoms with Crippen LogP contribution in [0.3, 0.4) is 0 Å². The van der Waals surface area contributed by atoms with Crippen LogP contribution in [0.15, 0.2) is 72.8 Å². The molecule has 5 nitrogen and oxygen atoms in total. The number of benzene rings is 3. The van der Waals surface area contributed by atoms with E-state index in [2.05, 4.69) is 0 Å². The number of carboxylic acid groups (broad SMARTS) is 1. The van der Waals surface area contributed by atoms with Crippen LogP contribution in [0.1, 0.15) is 34.7 Å². The highest BCUT2D eigenvalue weighted by molar-refractivity contribution is 5.69. The third-order valence-electron chi connectivity index (χ3n) is 5.82. The van der Waals surface area contributed by atoms with Crippen molar-refractivity contribution < 1.29 is 41.3 Å². The van der Waals surface area contributed by atoms with Gasteiger partial charge in [0.15, 0.2) is 0 Å². The lowest BCUT2D eigenvalue weighted by molar-refractivity contribution is -0.139. The van der Waals surface area contributed by atoms with Gasteiger partial charge in [-0.25, -0.2) is 0 Å². The number of methoxy groups -OCH3 is 1. The Bertz CT molecular complexity index is 1200. The lowest BCUT2D eigenvalue weighted by atomic mass is 9.99. The molecule has 10 heteroatoms. The average molecular weight is 523 g/mol. The fourth-order valence-corrected chi connectivity index (χ4v) is 3.92. The number of alkyl halides is 5. The summed E-state index contributed by atoms with van der Waals surface area (Å²) in [5, 5.41) is 9.15. The largest absolute Gasteiger partial charge is 0.497 e. The number of carboxylic acids is 1. The average Bonchev–Trinajstić information content (AvgIpc) is 2.86. The molecule has 0 saturated heterocycles. The molecule has 3 aromatic carbocycles. The van der Waals surface area contributed by atoms with Crippen LogP contribution in [0.5, 0.6) is 11.5 Å². The van der Waals surface area contributed by atoms with E-state index in [1.165, 1.54) is 73.7 Å². The molecule has 1 unspecified atom stereocenters. The Morgan fingerprint density at radius 1 is 0.892 bits per heavy atom. The second-order valence-corrected chi connectivity index (χ2v) is 8.42. The summed E-state index contributed by atoms with van der Waals surface area (Å²) in [7, 11) is 2.88. The Morgan fingerprint density at radius 3 is 2.16 bits per heavy atom. The Kier molecular flexibility index (Phi) is 8.75. The zero-order valence-corrected chi connectivity index (χ0v) is 20.1. The van der Waals surface area contributed by atoms with Crippen molar-refractivity contribution in [3.63, 3.8) is 0 Å². The Labute approximate surface area is 211 Å². The van der Waals surface area contributed by atoms with Crippen LogP contribution in [-0.2, 0) is 16.9 Å². The second-order valence-electron chi connectivity index (χ2n) is 8.42. The van der Waals surface area contributed by atoms with Gasteiger partial charge in [-0.15, -0.1) is 0 Å². The standard InChI is InChI=1S/C27H26F5NO4/c1-33(17-25(34)35)24(18-5-3-7-21(15-18)27(30,31)32)13-14-37-22-11-9-19(10-12-22)26(28,29)20-6-4-8-23(16-20)36-2/h3-12,15-16,24H,13-14,17H2,1-2H3,(H,34,35). The van der Waals surface area contributed by atoms with E-state index in [1.54, 1.807) is 6.07 Å². The molecule has 0 aromatic heterocycles. The molecule has 1 N–H and O–H groups in total. The first-order chi connectivity index (χ1) is 17.4. The van der Waals surface area contributed by atoms with Crippen LogP contribution >= 0.6 is 0 Å². The van der Waals surface area contributed by atoms with Crippen LogP contribution < -0.4 is 9.47 Å². The third-order valence-corrected chi connectivity index (χ3v) is 5.82. The summed E-state index contributed by atoms with van der Waals surface area (Å²) >= 11 is 0. The van der Waals surface area contributed by atoms with Crippen molar-refractivity contribution in [3.8, 4) is 11.5 Å². The number of aliphatic carboxylic acids is 1. The number of likely N-dealkylation sites (N-methyl/N-ethyl adjacent to an activating group) is 1. The van der Waals surface area contributed by atoms with Crippen molar-refractivity contribution in [2.45, 2.75) is 24.6 Å². The molecule has 0 fully saturated rings. The highest BCUT2D eigenvalue weighted by Gasteiger charge is 2.34. The van der Waals surface area contributed by atoms with E-state index in [4.69, 9.17) is 14.6 Å². The maximum atomic E-state index is 15.0. The lowest BCUT2D eigenvalue weighted by Crippen LogP contribution is -2.31. The van der Waals surface area contributed by atoms with E-state index < -0.39 is 36.2 Å². The first kappa shape index (κ1) is 27.9. The number of carbonyl (C=O) groups is 1. The number of rotatable bonds is 11. The van der Waals surface area contributed by atoms with Crippen molar-refractivity contribution in [3.05, 3.63) is 95.1 Å². The van der Waals surface area contributed by atoms with Crippen LogP contribution in [-0.4, -0.2) is 43.3 Å². The predicted molar refractivity (Wildman–Crippen MR) is 127 cm³/mol. The quantitative estimate of drug-likeness (QED) is 0.296. The van der Waals surface area contributed by atoms with Crippen LogP contribution in [0.25, 0.3) is 0 Å². The molecule has 0 spiro atoms. The summed E-state index contributed by atoms with van der Waals surface area (Å²) < 4.78 is 80.2. The van der Waals surface area contributed by atoms with Gasteiger partial charge in [0, 0.05) is 23.6 Å². The van der Waals surface area contributed by atoms with Gasteiger partial charge in [-0.05, 0) is 61.1 Å². The maximum absolute atomic E-state index is 15.0. The van der Waals surface area contributed by atoms with Gasteiger partial charge in [-0.3, -0.25) is 9.69 Å². The normalized spacial score (nSPS) is 12.9. The molecular formula is C27H26F5NO4. The molecule has 0 amide bonds. The summed E-state index contributed by atoms with van der Waals surface area (Å²) in [6, 6.07) is 14.8. The topological polar surface area (TPSA) is 59.0 Å². The first-order valence-corrected chi connectivity index (χ1v) is 11.3. The summed E-state index contributed by atoms with van der Waals surface area (Å²) in [6.07, 6.45) is -4.38.